The van der Waals surface area contributed by atoms with E-state index in [-0.39, 0.29) is 33.8 Å². The van der Waals surface area contributed by atoms with Crippen LogP contribution in [-0.4, -0.2) is 32.9 Å². The van der Waals surface area contributed by atoms with Crippen molar-refractivity contribution in [2.45, 2.75) is 34.9 Å². The highest BCUT2D eigenvalue weighted by Gasteiger charge is 2.27. The maximum Gasteiger partial charge on any atom is 0.356 e. The van der Waals surface area contributed by atoms with Gasteiger partial charge >= 0.3 is 12.0 Å². The number of urea groups is 1. The molecule has 2 amide bonds. The summed E-state index contributed by atoms with van der Waals surface area (Å²) in [6, 6.07) is 8.15. The Labute approximate surface area is 196 Å². The summed E-state index contributed by atoms with van der Waals surface area (Å²) < 4.78 is 14.2. The van der Waals surface area contributed by atoms with Crippen molar-refractivity contribution < 1.29 is 23.9 Å². The molecule has 0 spiro atoms. The molecular formula is C22H19FN4O4S2. The zero-order valence-corrected chi connectivity index (χ0v) is 18.8. The van der Waals surface area contributed by atoms with Crippen LogP contribution in [0.3, 0.4) is 0 Å². The Bertz CT molecular complexity index is 1200. The predicted molar refractivity (Wildman–Crippen MR) is 123 cm³/mol. The fraction of sp³-hybridized carbons (Fsp3) is 0.227. The zero-order valence-electron chi connectivity index (χ0n) is 17.2. The highest BCUT2D eigenvalue weighted by Crippen LogP contribution is 2.36. The van der Waals surface area contributed by atoms with Crippen molar-refractivity contribution in [3.8, 4) is 0 Å². The first-order chi connectivity index (χ1) is 15.9. The van der Waals surface area contributed by atoms with Crippen LogP contribution in [0.15, 0.2) is 51.8 Å². The highest BCUT2D eigenvalue weighted by molar-refractivity contribution is 8.01. The van der Waals surface area contributed by atoms with Crippen LogP contribution in [0.2, 0.25) is 0 Å². The van der Waals surface area contributed by atoms with E-state index in [2.05, 4.69) is 20.6 Å². The number of nitrogens with zero attached hydrogens (tertiary/aromatic N) is 2. The Hall–Kier alpha value is -3.31. The fourth-order valence-electron chi connectivity index (χ4n) is 3.55. The second kappa shape index (κ2) is 10.1. The topological polar surface area (TPSA) is 121 Å². The van der Waals surface area contributed by atoms with E-state index in [1.54, 1.807) is 24.4 Å². The molecule has 0 atom stereocenters. The number of carboxylic acid groups (broad SMARTS) is 1. The molecule has 0 saturated heterocycles. The van der Waals surface area contributed by atoms with Crippen molar-refractivity contribution in [2.24, 2.45) is 5.92 Å². The van der Waals surface area contributed by atoms with Crippen LogP contribution in [0, 0.1) is 11.7 Å². The molecule has 0 radical (unpaired) electrons. The standard InChI is InChI=1S/C22H19FN4O4S2/c23-13-8-9-15(14(11-13)18(28)12-5-1-2-6-12)25-21(31)27-22-26-17(19(29)30)20(33-22)32-16-7-3-4-10-24-16/h3-4,7-12H,1-2,5-6H2,(H,29,30)(H2,25,26,27,31). The van der Waals surface area contributed by atoms with Crippen molar-refractivity contribution in [1.82, 2.24) is 9.97 Å². The number of carbonyl (C=O) groups excluding carboxylic acids is 2. The van der Waals surface area contributed by atoms with Crippen molar-refractivity contribution in [3.05, 3.63) is 59.7 Å². The number of anilines is 2. The van der Waals surface area contributed by atoms with Gasteiger partial charge in [-0.3, -0.25) is 10.1 Å². The number of carboxylic acids is 1. The first-order valence-corrected chi connectivity index (χ1v) is 11.8. The molecule has 0 aliphatic heterocycles. The van der Waals surface area contributed by atoms with Gasteiger partial charge in [0.05, 0.1) is 5.69 Å². The number of hydrogen-bond acceptors (Lipinski definition) is 7. The van der Waals surface area contributed by atoms with Crippen LogP contribution in [0.4, 0.5) is 20.0 Å². The number of carbonyl (C=O) groups is 3. The number of amides is 2. The summed E-state index contributed by atoms with van der Waals surface area (Å²) in [7, 11) is 0. The first kappa shape index (κ1) is 22.9. The molecule has 1 aromatic carbocycles. The summed E-state index contributed by atoms with van der Waals surface area (Å²) in [5.74, 6) is -2.18. The summed E-state index contributed by atoms with van der Waals surface area (Å²) >= 11 is 2.11. The lowest BCUT2D eigenvalue weighted by Gasteiger charge is -2.14. The van der Waals surface area contributed by atoms with Crippen molar-refractivity contribution in [2.75, 3.05) is 10.6 Å². The maximum atomic E-state index is 13.8. The molecule has 1 fully saturated rings. The van der Waals surface area contributed by atoms with Gasteiger partial charge in [-0.1, -0.05) is 42.0 Å². The van der Waals surface area contributed by atoms with E-state index in [4.69, 9.17) is 0 Å². The van der Waals surface area contributed by atoms with E-state index >= 15 is 0 Å². The number of ketones is 1. The number of nitrogens with one attached hydrogen (secondary N) is 2. The molecule has 11 heteroatoms. The third kappa shape index (κ3) is 5.55. The zero-order chi connectivity index (χ0) is 23.4. The van der Waals surface area contributed by atoms with E-state index in [0.29, 0.717) is 9.24 Å². The molecule has 1 saturated carbocycles. The van der Waals surface area contributed by atoms with Crippen LogP contribution in [0.5, 0.6) is 0 Å². The number of Topliss-reactive ketones (excluding diaryl/α,β-unsaturated/α-hetero) is 1. The van der Waals surface area contributed by atoms with Gasteiger partial charge in [-0.25, -0.2) is 23.9 Å². The molecular weight excluding hydrogens is 467 g/mol. The van der Waals surface area contributed by atoms with E-state index in [9.17, 15) is 23.9 Å². The molecule has 1 aliphatic carbocycles. The van der Waals surface area contributed by atoms with Gasteiger partial charge in [-0.2, -0.15) is 0 Å². The Balaban J connectivity index is 1.51. The Morgan fingerprint density at radius 3 is 2.61 bits per heavy atom. The summed E-state index contributed by atoms with van der Waals surface area (Å²) in [5.41, 5.74) is 0.0996. The quantitative estimate of drug-likeness (QED) is 0.375. The minimum absolute atomic E-state index is 0.0640. The number of aromatic nitrogens is 2. The molecule has 0 bridgehead atoms. The van der Waals surface area contributed by atoms with Crippen molar-refractivity contribution in [1.29, 1.82) is 0 Å². The summed E-state index contributed by atoms with van der Waals surface area (Å²) in [6.45, 7) is 0. The molecule has 2 aromatic heterocycles. The van der Waals surface area contributed by atoms with Gasteiger partial charge in [0.1, 0.15) is 15.1 Å². The van der Waals surface area contributed by atoms with Crippen LogP contribution < -0.4 is 10.6 Å². The van der Waals surface area contributed by atoms with Gasteiger partial charge in [0.2, 0.25) is 0 Å². The Kier molecular flexibility index (Phi) is 6.99. The van der Waals surface area contributed by atoms with Crippen LogP contribution in [-0.2, 0) is 0 Å². The molecule has 170 valence electrons. The molecule has 4 rings (SSSR count). The van der Waals surface area contributed by atoms with E-state index < -0.39 is 17.8 Å². The highest BCUT2D eigenvalue weighted by atomic mass is 32.2. The SMILES string of the molecule is O=C(Nc1nc(C(=O)O)c(Sc2ccccn2)s1)Nc1ccc(F)cc1C(=O)C1CCCC1. The van der Waals surface area contributed by atoms with Gasteiger partial charge in [-0.15, -0.1) is 0 Å². The number of hydrogen-bond donors (Lipinski definition) is 3. The number of benzene rings is 1. The first-order valence-electron chi connectivity index (χ1n) is 10.2. The smallest absolute Gasteiger partial charge is 0.356 e. The lowest BCUT2D eigenvalue weighted by Crippen LogP contribution is -2.22. The van der Waals surface area contributed by atoms with Crippen LogP contribution >= 0.6 is 23.1 Å². The predicted octanol–water partition coefficient (Wildman–Crippen LogP) is 5.54. The Morgan fingerprint density at radius 2 is 1.91 bits per heavy atom. The third-order valence-electron chi connectivity index (χ3n) is 5.08. The van der Waals surface area contributed by atoms with E-state index in [0.717, 1.165) is 60.9 Å². The average molecular weight is 487 g/mol. The van der Waals surface area contributed by atoms with E-state index in [1.807, 2.05) is 0 Å². The fourth-order valence-corrected chi connectivity index (χ4v) is 5.58. The lowest BCUT2D eigenvalue weighted by molar-refractivity contribution is 0.0687. The molecule has 8 nitrogen and oxygen atoms in total. The third-order valence-corrected chi connectivity index (χ3v) is 7.17. The molecule has 2 heterocycles. The summed E-state index contributed by atoms with van der Waals surface area (Å²) in [5, 5.41) is 15.2. The monoisotopic (exact) mass is 486 g/mol. The van der Waals surface area contributed by atoms with Gasteiger partial charge in [0.25, 0.3) is 0 Å². The number of thiazole rings is 1. The number of pyridine rings is 1. The largest absolute Gasteiger partial charge is 0.476 e. The summed E-state index contributed by atoms with van der Waals surface area (Å²) in [4.78, 5) is 45.2. The number of aromatic carboxylic acids is 1. The van der Waals surface area contributed by atoms with Gasteiger partial charge in [-0.05, 0) is 43.2 Å². The maximum absolute atomic E-state index is 13.8. The second-order valence-electron chi connectivity index (χ2n) is 7.34. The second-order valence-corrected chi connectivity index (χ2v) is 9.63. The van der Waals surface area contributed by atoms with Crippen LogP contribution in [0.25, 0.3) is 0 Å². The van der Waals surface area contributed by atoms with Gasteiger partial charge < -0.3 is 10.4 Å². The minimum atomic E-state index is -1.24. The molecule has 1 aliphatic rings. The van der Waals surface area contributed by atoms with Gasteiger partial charge in [0, 0.05) is 17.7 Å². The average Bonchev–Trinajstić information content (AvgIpc) is 3.46. The lowest BCUT2D eigenvalue weighted by atomic mass is 9.95. The normalized spacial score (nSPS) is 13.6. The van der Waals surface area contributed by atoms with Gasteiger partial charge in [0.15, 0.2) is 16.6 Å². The Morgan fingerprint density at radius 1 is 1.12 bits per heavy atom. The molecule has 3 N–H and O–H groups in total. The number of rotatable bonds is 7. The van der Waals surface area contributed by atoms with Crippen molar-refractivity contribution in [3.63, 3.8) is 0 Å². The minimum Gasteiger partial charge on any atom is -0.476 e. The summed E-state index contributed by atoms with van der Waals surface area (Å²) in [6.07, 6.45) is 4.97. The van der Waals surface area contributed by atoms with E-state index in [1.165, 1.54) is 6.07 Å². The molecule has 3 aromatic rings. The molecule has 33 heavy (non-hydrogen) atoms. The van der Waals surface area contributed by atoms with Crippen molar-refractivity contribution >= 4 is 51.7 Å². The molecule has 0 unspecified atom stereocenters. The van der Waals surface area contributed by atoms with Crippen LogP contribution in [0.1, 0.15) is 46.5 Å². The number of halogens is 1.